The molecule has 2 heterocycles. The van der Waals surface area contributed by atoms with E-state index in [1.54, 1.807) is 0 Å². The summed E-state index contributed by atoms with van der Waals surface area (Å²) in [7, 11) is 2.29. The van der Waals surface area contributed by atoms with Crippen molar-refractivity contribution in [1.82, 2.24) is 9.80 Å². The van der Waals surface area contributed by atoms with Crippen molar-refractivity contribution in [1.29, 1.82) is 0 Å². The highest BCUT2D eigenvalue weighted by atomic mass is 16.5. The highest BCUT2D eigenvalue weighted by Gasteiger charge is 2.40. The molecule has 0 aromatic rings. The lowest BCUT2D eigenvalue weighted by molar-refractivity contribution is -0.0307. The molecule has 2 saturated heterocycles. The molecule has 0 aliphatic carbocycles. The summed E-state index contributed by atoms with van der Waals surface area (Å²) < 4.78 is 5.49. The van der Waals surface area contributed by atoms with Gasteiger partial charge in [-0.1, -0.05) is 0 Å². The van der Waals surface area contributed by atoms with Crippen LogP contribution in [0.15, 0.2) is 0 Å². The molecular weight excluding hydrogens is 238 g/mol. The van der Waals surface area contributed by atoms with Gasteiger partial charge in [0.15, 0.2) is 0 Å². The Morgan fingerprint density at radius 2 is 1.84 bits per heavy atom. The molecule has 0 amide bonds. The molecule has 2 aliphatic heterocycles. The first-order valence-electron chi connectivity index (χ1n) is 7.84. The number of ether oxygens (including phenoxy) is 1. The highest BCUT2D eigenvalue weighted by Crippen LogP contribution is 2.31. The Kier molecular flexibility index (Phi) is 5.23. The number of piperidine rings is 1. The summed E-state index contributed by atoms with van der Waals surface area (Å²) in [5.74, 6) is 0. The minimum atomic E-state index is 0.216. The Hall–Kier alpha value is -0.160. The molecule has 0 unspecified atom stereocenters. The van der Waals surface area contributed by atoms with Crippen molar-refractivity contribution in [3.63, 3.8) is 0 Å². The molecule has 0 aromatic carbocycles. The van der Waals surface area contributed by atoms with Crippen molar-refractivity contribution >= 4 is 0 Å². The number of hydrogen-bond acceptors (Lipinski definition) is 4. The molecule has 0 bridgehead atoms. The fourth-order valence-corrected chi connectivity index (χ4v) is 3.62. The third kappa shape index (κ3) is 3.30. The van der Waals surface area contributed by atoms with Crippen LogP contribution in [0.5, 0.6) is 0 Å². The highest BCUT2D eigenvalue weighted by molar-refractivity contribution is 4.98. The third-order valence-electron chi connectivity index (χ3n) is 5.33. The first kappa shape index (κ1) is 15.2. The maximum absolute atomic E-state index is 6.18. The van der Waals surface area contributed by atoms with E-state index in [0.29, 0.717) is 12.1 Å². The molecule has 19 heavy (non-hydrogen) atoms. The predicted octanol–water partition coefficient (Wildman–Crippen LogP) is 1.30. The van der Waals surface area contributed by atoms with Crippen molar-refractivity contribution in [3.8, 4) is 0 Å². The van der Waals surface area contributed by atoms with Crippen molar-refractivity contribution in [2.45, 2.75) is 57.2 Å². The number of hydrogen-bond donors (Lipinski definition) is 1. The van der Waals surface area contributed by atoms with E-state index >= 15 is 0 Å². The van der Waals surface area contributed by atoms with E-state index in [-0.39, 0.29) is 5.54 Å². The van der Waals surface area contributed by atoms with E-state index in [1.165, 1.54) is 25.9 Å². The molecule has 0 saturated carbocycles. The fraction of sp³-hybridized carbons (Fsp3) is 1.00. The predicted molar refractivity (Wildman–Crippen MR) is 79.3 cm³/mol. The van der Waals surface area contributed by atoms with Crippen LogP contribution in [-0.2, 0) is 4.74 Å². The normalized spacial score (nSPS) is 26.2. The van der Waals surface area contributed by atoms with Crippen LogP contribution >= 0.6 is 0 Å². The van der Waals surface area contributed by atoms with E-state index in [4.69, 9.17) is 10.5 Å². The van der Waals surface area contributed by atoms with Crippen LogP contribution in [0.1, 0.15) is 39.5 Å². The lowest BCUT2D eigenvalue weighted by Crippen LogP contribution is -2.62. The summed E-state index contributed by atoms with van der Waals surface area (Å²) in [6.07, 6.45) is 4.73. The van der Waals surface area contributed by atoms with Crippen molar-refractivity contribution in [3.05, 3.63) is 0 Å². The van der Waals surface area contributed by atoms with E-state index in [2.05, 4.69) is 30.7 Å². The summed E-state index contributed by atoms with van der Waals surface area (Å²) in [6, 6.07) is 1.31. The Balaban J connectivity index is 1.98. The zero-order valence-electron chi connectivity index (χ0n) is 12.9. The molecule has 2 rings (SSSR count). The third-order valence-corrected chi connectivity index (χ3v) is 5.33. The molecule has 2 aliphatic rings. The largest absolute Gasteiger partial charge is 0.381 e. The van der Waals surface area contributed by atoms with Crippen LogP contribution in [0.2, 0.25) is 0 Å². The monoisotopic (exact) mass is 269 g/mol. The molecule has 4 heteroatoms. The van der Waals surface area contributed by atoms with Gasteiger partial charge in [-0.05, 0) is 46.6 Å². The number of rotatable bonds is 4. The smallest absolute Gasteiger partial charge is 0.0480 e. The van der Waals surface area contributed by atoms with E-state index in [0.717, 1.165) is 32.6 Å². The van der Waals surface area contributed by atoms with Gasteiger partial charge in [0.05, 0.1) is 0 Å². The van der Waals surface area contributed by atoms with Gasteiger partial charge >= 0.3 is 0 Å². The zero-order chi connectivity index (χ0) is 13.9. The number of nitrogens with zero attached hydrogens (tertiary/aromatic N) is 2. The van der Waals surface area contributed by atoms with Gasteiger partial charge in [0.25, 0.3) is 0 Å². The first-order valence-corrected chi connectivity index (χ1v) is 7.84. The second kappa shape index (κ2) is 6.53. The second-order valence-corrected chi connectivity index (χ2v) is 6.51. The maximum Gasteiger partial charge on any atom is 0.0480 e. The van der Waals surface area contributed by atoms with Crippen LogP contribution in [-0.4, -0.2) is 67.3 Å². The molecule has 0 spiro atoms. The molecule has 0 atom stereocenters. The summed E-state index contributed by atoms with van der Waals surface area (Å²) in [5, 5.41) is 0. The van der Waals surface area contributed by atoms with E-state index in [9.17, 15) is 0 Å². The summed E-state index contributed by atoms with van der Waals surface area (Å²) in [4.78, 5) is 5.17. The Labute approximate surface area is 118 Å². The molecule has 0 aromatic heterocycles. The van der Waals surface area contributed by atoms with Crippen LogP contribution in [0.4, 0.5) is 0 Å². The standard InChI is InChI=1S/C15H31N3O/c1-13(2)18-8-6-15(12-16,7-9-18)17(3)14-4-10-19-11-5-14/h13-14H,4-12,16H2,1-3H3. The number of nitrogens with two attached hydrogens (primary N) is 1. The molecule has 4 nitrogen and oxygen atoms in total. The molecule has 2 fully saturated rings. The van der Waals surface area contributed by atoms with Crippen LogP contribution in [0.3, 0.4) is 0 Å². The van der Waals surface area contributed by atoms with Crippen molar-refractivity contribution in [2.24, 2.45) is 5.73 Å². The Morgan fingerprint density at radius 3 is 2.32 bits per heavy atom. The minimum absolute atomic E-state index is 0.216. The number of likely N-dealkylation sites (N-methyl/N-ethyl adjacent to an activating group) is 1. The van der Waals surface area contributed by atoms with Gasteiger partial charge < -0.3 is 15.4 Å². The molecule has 2 N–H and O–H groups in total. The van der Waals surface area contributed by atoms with Crippen LogP contribution in [0, 0.1) is 0 Å². The quantitative estimate of drug-likeness (QED) is 0.835. The summed E-state index contributed by atoms with van der Waals surface area (Å²) >= 11 is 0. The zero-order valence-corrected chi connectivity index (χ0v) is 12.9. The van der Waals surface area contributed by atoms with Gasteiger partial charge in [-0.2, -0.15) is 0 Å². The topological polar surface area (TPSA) is 41.7 Å². The van der Waals surface area contributed by atoms with Crippen molar-refractivity contribution in [2.75, 3.05) is 39.9 Å². The Bertz CT molecular complexity index is 269. The van der Waals surface area contributed by atoms with Gasteiger partial charge in [-0.15, -0.1) is 0 Å². The molecule has 0 radical (unpaired) electrons. The van der Waals surface area contributed by atoms with Crippen molar-refractivity contribution < 1.29 is 4.74 Å². The maximum atomic E-state index is 6.18. The summed E-state index contributed by atoms with van der Waals surface area (Å²) in [6.45, 7) is 9.55. The second-order valence-electron chi connectivity index (χ2n) is 6.51. The van der Waals surface area contributed by atoms with Gasteiger partial charge in [0.1, 0.15) is 0 Å². The molecule has 112 valence electrons. The van der Waals surface area contributed by atoms with Crippen LogP contribution < -0.4 is 5.73 Å². The molecular formula is C15H31N3O. The Morgan fingerprint density at radius 1 is 1.26 bits per heavy atom. The number of likely N-dealkylation sites (tertiary alicyclic amines) is 1. The van der Waals surface area contributed by atoms with Gasteiger partial charge in [0.2, 0.25) is 0 Å². The van der Waals surface area contributed by atoms with Crippen LogP contribution in [0.25, 0.3) is 0 Å². The van der Waals surface area contributed by atoms with E-state index < -0.39 is 0 Å². The summed E-state index contributed by atoms with van der Waals surface area (Å²) in [5.41, 5.74) is 6.39. The van der Waals surface area contributed by atoms with Gasteiger partial charge in [-0.25, -0.2) is 0 Å². The van der Waals surface area contributed by atoms with Gasteiger partial charge in [0, 0.05) is 50.5 Å². The lowest BCUT2D eigenvalue weighted by atomic mass is 9.83. The first-order chi connectivity index (χ1) is 9.09. The lowest BCUT2D eigenvalue weighted by Gasteiger charge is -2.51. The SMILES string of the molecule is CC(C)N1CCC(CN)(N(C)C2CCOCC2)CC1. The average molecular weight is 269 g/mol. The average Bonchev–Trinajstić information content (AvgIpc) is 2.47. The minimum Gasteiger partial charge on any atom is -0.381 e. The van der Waals surface area contributed by atoms with E-state index in [1.807, 2.05) is 0 Å². The fourth-order valence-electron chi connectivity index (χ4n) is 3.62. The van der Waals surface area contributed by atoms with Gasteiger partial charge in [-0.3, -0.25) is 4.90 Å².